The van der Waals surface area contributed by atoms with Crippen LogP contribution in [-0.4, -0.2) is 41.3 Å². The molecule has 0 aliphatic carbocycles. The van der Waals surface area contributed by atoms with Crippen LogP contribution >= 0.6 is 0 Å². The van der Waals surface area contributed by atoms with Gasteiger partial charge in [0.05, 0.1) is 0 Å². The molecule has 0 saturated carbocycles. The zero-order valence-corrected chi connectivity index (χ0v) is 12.3. The van der Waals surface area contributed by atoms with Gasteiger partial charge in [-0.3, -0.25) is 4.79 Å². The molecule has 15 heavy (non-hydrogen) atoms. The molecular formula is C10H22NO2Si2. The lowest BCUT2D eigenvalue weighted by atomic mass is 10.4. The Bertz CT molecular complexity index is 228. The minimum Gasteiger partial charge on any atom is -0.456 e. The molecule has 3 nitrogen and oxygen atoms in total. The number of amides is 1. The molecule has 1 amide bonds. The fourth-order valence-corrected chi connectivity index (χ4v) is 6.98. The third kappa shape index (κ3) is 4.95. The van der Waals surface area contributed by atoms with Gasteiger partial charge in [0, 0.05) is 19.5 Å². The van der Waals surface area contributed by atoms with Crippen LogP contribution in [0.4, 0.5) is 0 Å². The topological polar surface area (TPSA) is 29.5 Å². The Balaban J connectivity index is 2.22. The van der Waals surface area contributed by atoms with E-state index in [4.69, 9.17) is 4.12 Å². The maximum absolute atomic E-state index is 11.4. The van der Waals surface area contributed by atoms with Gasteiger partial charge in [0.15, 0.2) is 17.4 Å². The lowest BCUT2D eigenvalue weighted by Gasteiger charge is -2.24. The first kappa shape index (κ1) is 12.9. The van der Waals surface area contributed by atoms with Crippen LogP contribution < -0.4 is 0 Å². The minimum atomic E-state index is -1.37. The van der Waals surface area contributed by atoms with Crippen LogP contribution in [0.5, 0.6) is 0 Å². The average Bonchev–Trinajstić information content (AvgIpc) is 2.44. The molecule has 0 N–H and O–H groups in total. The Morgan fingerprint density at radius 3 is 2.60 bits per heavy atom. The standard InChI is InChI=1S/C10H22NO2Si2/c1-14(13-15(2,3)4)9-8-11-7-5-6-10(11)12/h5-9H2,1-4H3. The molecule has 1 aliphatic rings. The summed E-state index contributed by atoms with van der Waals surface area (Å²) >= 11 is 0. The minimum absolute atomic E-state index is 0.331. The lowest BCUT2D eigenvalue weighted by molar-refractivity contribution is -0.127. The predicted octanol–water partition coefficient (Wildman–Crippen LogP) is 2.08. The van der Waals surface area contributed by atoms with Crippen LogP contribution in [0.25, 0.3) is 0 Å². The van der Waals surface area contributed by atoms with Crippen LogP contribution in [0.15, 0.2) is 0 Å². The Hall–Kier alpha value is -0.136. The Kier molecular flexibility index (Phi) is 4.54. The van der Waals surface area contributed by atoms with Crippen LogP contribution in [-0.2, 0) is 8.91 Å². The van der Waals surface area contributed by atoms with Crippen molar-refractivity contribution in [1.82, 2.24) is 4.90 Å². The molecule has 1 saturated heterocycles. The van der Waals surface area contributed by atoms with E-state index >= 15 is 0 Å². The highest BCUT2D eigenvalue weighted by Gasteiger charge is 2.23. The quantitative estimate of drug-likeness (QED) is 0.693. The molecule has 0 atom stereocenters. The molecular weight excluding hydrogens is 222 g/mol. The molecule has 1 radical (unpaired) electrons. The number of carbonyl (C=O) groups excluding carboxylic acids is 1. The summed E-state index contributed by atoms with van der Waals surface area (Å²) in [6, 6.07) is 1.07. The SMILES string of the molecule is C[Si](CCN1CCCC1=O)O[Si](C)(C)C. The average molecular weight is 244 g/mol. The molecule has 1 rings (SSSR count). The van der Waals surface area contributed by atoms with E-state index in [9.17, 15) is 4.79 Å². The maximum atomic E-state index is 11.4. The predicted molar refractivity (Wildman–Crippen MR) is 66.7 cm³/mol. The van der Waals surface area contributed by atoms with Gasteiger partial charge >= 0.3 is 0 Å². The molecule has 0 aromatic carbocycles. The number of likely N-dealkylation sites (tertiary alicyclic amines) is 1. The number of rotatable bonds is 5. The van der Waals surface area contributed by atoms with Crippen molar-refractivity contribution < 1.29 is 8.91 Å². The molecule has 1 aliphatic heterocycles. The van der Waals surface area contributed by atoms with Crippen molar-refractivity contribution >= 4 is 23.3 Å². The van der Waals surface area contributed by atoms with Crippen molar-refractivity contribution in [1.29, 1.82) is 0 Å². The zero-order valence-electron chi connectivity index (χ0n) is 10.3. The van der Waals surface area contributed by atoms with Gasteiger partial charge in [-0.15, -0.1) is 0 Å². The first-order valence-corrected chi connectivity index (χ1v) is 11.2. The molecule has 0 bridgehead atoms. The molecule has 87 valence electrons. The lowest BCUT2D eigenvalue weighted by Crippen LogP contribution is -2.36. The van der Waals surface area contributed by atoms with Crippen LogP contribution in [0.1, 0.15) is 12.8 Å². The van der Waals surface area contributed by atoms with Gasteiger partial charge in [0.25, 0.3) is 0 Å². The second kappa shape index (κ2) is 5.27. The van der Waals surface area contributed by atoms with E-state index in [2.05, 4.69) is 26.2 Å². The third-order valence-electron chi connectivity index (χ3n) is 2.39. The van der Waals surface area contributed by atoms with Gasteiger partial charge in [0.1, 0.15) is 0 Å². The summed E-state index contributed by atoms with van der Waals surface area (Å²) in [7, 11) is -2.06. The van der Waals surface area contributed by atoms with E-state index in [1.165, 1.54) is 0 Å². The number of hydrogen-bond acceptors (Lipinski definition) is 2. The van der Waals surface area contributed by atoms with Gasteiger partial charge in [-0.25, -0.2) is 0 Å². The molecule has 1 fully saturated rings. The Labute approximate surface area is 95.7 Å². The summed E-state index contributed by atoms with van der Waals surface area (Å²) in [5, 5.41) is 0. The Morgan fingerprint density at radius 1 is 1.47 bits per heavy atom. The number of hydrogen-bond donors (Lipinski definition) is 0. The van der Waals surface area contributed by atoms with Gasteiger partial charge in [-0.05, 0) is 38.7 Å². The van der Waals surface area contributed by atoms with Crippen molar-refractivity contribution in [2.24, 2.45) is 0 Å². The van der Waals surface area contributed by atoms with Crippen molar-refractivity contribution in [3.8, 4) is 0 Å². The van der Waals surface area contributed by atoms with Crippen molar-refractivity contribution in [3.05, 3.63) is 0 Å². The zero-order chi connectivity index (χ0) is 11.5. The Morgan fingerprint density at radius 2 is 2.13 bits per heavy atom. The number of nitrogens with zero attached hydrogens (tertiary/aromatic N) is 1. The van der Waals surface area contributed by atoms with Crippen LogP contribution in [0.3, 0.4) is 0 Å². The summed E-state index contributed by atoms with van der Waals surface area (Å²) in [6.45, 7) is 10.8. The molecule has 0 aromatic rings. The summed E-state index contributed by atoms with van der Waals surface area (Å²) in [6.07, 6.45) is 1.79. The highest BCUT2D eigenvalue weighted by atomic mass is 28.4. The summed E-state index contributed by atoms with van der Waals surface area (Å²) in [5.41, 5.74) is 0. The van der Waals surface area contributed by atoms with Gasteiger partial charge < -0.3 is 9.02 Å². The highest BCUT2D eigenvalue weighted by molar-refractivity contribution is 6.77. The van der Waals surface area contributed by atoms with E-state index in [0.29, 0.717) is 5.91 Å². The molecule has 5 heteroatoms. The second-order valence-electron chi connectivity index (χ2n) is 5.15. The maximum Gasteiger partial charge on any atom is 0.222 e. The summed E-state index contributed by atoms with van der Waals surface area (Å²) in [4.78, 5) is 13.4. The third-order valence-corrected chi connectivity index (χ3v) is 7.16. The largest absolute Gasteiger partial charge is 0.456 e. The molecule has 0 aromatic heterocycles. The van der Waals surface area contributed by atoms with Gasteiger partial charge in [-0.1, -0.05) is 0 Å². The van der Waals surface area contributed by atoms with Crippen molar-refractivity contribution in [3.63, 3.8) is 0 Å². The first-order valence-electron chi connectivity index (χ1n) is 5.68. The molecule has 0 unspecified atom stereocenters. The molecule has 1 heterocycles. The first-order chi connectivity index (χ1) is 6.88. The van der Waals surface area contributed by atoms with E-state index in [1.807, 2.05) is 4.90 Å². The smallest absolute Gasteiger partial charge is 0.222 e. The monoisotopic (exact) mass is 244 g/mol. The van der Waals surface area contributed by atoms with Gasteiger partial charge in [0.2, 0.25) is 5.91 Å². The second-order valence-corrected chi connectivity index (χ2v) is 12.1. The summed E-state index contributed by atoms with van der Waals surface area (Å²) < 4.78 is 6.04. The highest BCUT2D eigenvalue weighted by Crippen LogP contribution is 2.13. The molecule has 0 spiro atoms. The number of carbonyl (C=O) groups is 1. The van der Waals surface area contributed by atoms with Crippen molar-refractivity contribution in [2.45, 2.75) is 45.1 Å². The van der Waals surface area contributed by atoms with E-state index in [0.717, 1.165) is 32.0 Å². The van der Waals surface area contributed by atoms with E-state index < -0.39 is 17.4 Å². The normalized spacial score (nSPS) is 17.9. The van der Waals surface area contributed by atoms with Gasteiger partial charge in [-0.2, -0.15) is 0 Å². The van der Waals surface area contributed by atoms with Crippen LogP contribution in [0, 0.1) is 0 Å². The van der Waals surface area contributed by atoms with Crippen LogP contribution in [0.2, 0.25) is 32.2 Å². The fraction of sp³-hybridized carbons (Fsp3) is 0.900. The summed E-state index contributed by atoms with van der Waals surface area (Å²) in [5.74, 6) is 0.331. The van der Waals surface area contributed by atoms with E-state index in [1.54, 1.807) is 0 Å². The fourth-order valence-electron chi connectivity index (χ4n) is 1.81. The van der Waals surface area contributed by atoms with Crippen molar-refractivity contribution in [2.75, 3.05) is 13.1 Å². The van der Waals surface area contributed by atoms with E-state index in [-0.39, 0.29) is 0 Å².